The maximum Gasteiger partial charge on any atom is 0.137 e. The van der Waals surface area contributed by atoms with Gasteiger partial charge in [0.25, 0.3) is 0 Å². The monoisotopic (exact) mass is 275 g/mol. The van der Waals surface area contributed by atoms with Crippen molar-refractivity contribution in [2.75, 3.05) is 0 Å². The fourth-order valence-corrected chi connectivity index (χ4v) is 2.80. The summed E-state index contributed by atoms with van der Waals surface area (Å²) < 4.78 is 25.3. The molecule has 0 aliphatic heterocycles. The average Bonchev–Trinajstić information content (AvgIpc) is 2.89. The van der Waals surface area contributed by atoms with Crippen molar-refractivity contribution in [3.05, 3.63) is 71.9 Å². The summed E-state index contributed by atoms with van der Waals surface area (Å²) in [5, 5.41) is 2.26. The van der Waals surface area contributed by atoms with Crippen molar-refractivity contribution in [3.63, 3.8) is 0 Å². The van der Waals surface area contributed by atoms with Crippen LogP contribution in [0.15, 0.2) is 60.8 Å². The van der Waals surface area contributed by atoms with Crippen LogP contribution in [-0.4, -0.2) is 9.55 Å². The molecule has 0 bridgehead atoms. The summed E-state index contributed by atoms with van der Waals surface area (Å²) >= 11 is 0. The highest BCUT2D eigenvalue weighted by Gasteiger charge is 2.12. The van der Waals surface area contributed by atoms with Gasteiger partial charge in [-0.3, -0.25) is 4.57 Å². The normalized spacial score (nSPS) is 14.0. The molecule has 0 saturated carbocycles. The fourth-order valence-electron chi connectivity index (χ4n) is 2.80. The Labute approximate surface area is 127 Å². The van der Waals surface area contributed by atoms with Crippen molar-refractivity contribution in [2.24, 2.45) is 0 Å². The van der Waals surface area contributed by atoms with E-state index in [4.69, 9.17) is 4.11 Å². The lowest BCUT2D eigenvalue weighted by Gasteiger charge is -2.08. The minimum absolute atomic E-state index is 0.342. The van der Waals surface area contributed by atoms with Crippen LogP contribution in [0.4, 0.5) is 0 Å². The highest BCUT2D eigenvalue weighted by Crippen LogP contribution is 2.31. The van der Waals surface area contributed by atoms with E-state index < -0.39 is 6.85 Å². The molecule has 21 heavy (non-hydrogen) atoms. The Morgan fingerprint density at radius 3 is 2.14 bits per heavy atom. The van der Waals surface area contributed by atoms with E-state index in [0.29, 0.717) is 16.9 Å². The number of aryl methyl sites for hydroxylation is 2. The zero-order chi connectivity index (χ0) is 16.9. The van der Waals surface area contributed by atoms with Gasteiger partial charge in [-0.15, -0.1) is 0 Å². The molecule has 0 atom stereocenters. The van der Waals surface area contributed by atoms with Crippen LogP contribution in [0.25, 0.3) is 27.6 Å². The quantitative estimate of drug-likeness (QED) is 0.488. The van der Waals surface area contributed by atoms with Crippen LogP contribution in [0.2, 0.25) is 0 Å². The number of rotatable bonds is 1. The minimum atomic E-state index is -2.15. The maximum atomic E-state index is 7.76. The number of para-hydroxylation sites is 2. The number of hydrogen-bond acceptors (Lipinski definition) is 1. The molecule has 4 aromatic rings. The molecule has 0 saturated heterocycles. The van der Waals surface area contributed by atoms with E-state index in [-0.39, 0.29) is 0 Å². The second kappa shape index (κ2) is 4.45. The molecule has 0 radical (unpaired) electrons. The Balaban J connectivity index is 2.10. The molecule has 2 nitrogen and oxygen atoms in total. The summed E-state index contributed by atoms with van der Waals surface area (Å²) in [5.41, 5.74) is 3.06. The summed E-state index contributed by atoms with van der Waals surface area (Å²) in [6.07, 6.45) is 1.64. The van der Waals surface area contributed by atoms with Gasteiger partial charge in [-0.2, -0.15) is 0 Å². The molecule has 0 amide bonds. The molecular formula is C19H16N2. The van der Waals surface area contributed by atoms with E-state index in [1.54, 1.807) is 19.2 Å². The van der Waals surface area contributed by atoms with Gasteiger partial charge in [-0.25, -0.2) is 4.98 Å². The molecule has 0 aliphatic rings. The summed E-state index contributed by atoms with van der Waals surface area (Å²) in [6, 6.07) is 17.9. The third-order valence-corrected chi connectivity index (χ3v) is 3.90. The first-order chi connectivity index (χ1) is 11.5. The second-order valence-corrected chi connectivity index (χ2v) is 5.23. The molecule has 0 aliphatic carbocycles. The van der Waals surface area contributed by atoms with Crippen molar-refractivity contribution in [1.82, 2.24) is 9.55 Å². The molecule has 0 fully saturated rings. The summed E-state index contributed by atoms with van der Waals surface area (Å²) in [7, 11) is 0. The highest BCUT2D eigenvalue weighted by atomic mass is 15.1. The third kappa shape index (κ3) is 1.76. The largest absolute Gasteiger partial charge is 0.294 e. The van der Waals surface area contributed by atoms with Gasteiger partial charge in [0.2, 0.25) is 0 Å². The predicted molar refractivity (Wildman–Crippen MR) is 88.1 cm³/mol. The van der Waals surface area contributed by atoms with Gasteiger partial charge in [0.05, 0.1) is 11.0 Å². The van der Waals surface area contributed by atoms with Crippen LogP contribution in [0.1, 0.15) is 15.2 Å². The topological polar surface area (TPSA) is 17.8 Å². The van der Waals surface area contributed by atoms with Gasteiger partial charge >= 0.3 is 0 Å². The van der Waals surface area contributed by atoms with Gasteiger partial charge < -0.3 is 0 Å². The number of pyridine rings is 1. The summed E-state index contributed by atoms with van der Waals surface area (Å²) in [4.78, 5) is 4.51. The van der Waals surface area contributed by atoms with Gasteiger partial charge in [0.1, 0.15) is 5.82 Å². The Morgan fingerprint density at radius 1 is 0.905 bits per heavy atom. The van der Waals surface area contributed by atoms with E-state index in [1.165, 1.54) is 0 Å². The molecule has 2 aromatic heterocycles. The van der Waals surface area contributed by atoms with E-state index in [9.17, 15) is 0 Å². The van der Waals surface area contributed by atoms with E-state index in [1.807, 2.05) is 41.0 Å². The Kier molecular flexibility index (Phi) is 1.98. The Bertz CT molecular complexity index is 1010. The molecular weight excluding hydrogens is 256 g/mol. The molecule has 0 unspecified atom stereocenters. The highest BCUT2D eigenvalue weighted by molar-refractivity contribution is 6.09. The van der Waals surface area contributed by atoms with E-state index in [2.05, 4.69) is 17.1 Å². The lowest BCUT2D eigenvalue weighted by Crippen LogP contribution is -1.98. The number of hydrogen-bond donors (Lipinski definition) is 0. The Hall–Kier alpha value is -2.61. The lowest BCUT2D eigenvalue weighted by atomic mass is 10.2. The Morgan fingerprint density at radius 2 is 1.52 bits per heavy atom. The number of fused-ring (bicyclic) bond motifs is 3. The smallest absolute Gasteiger partial charge is 0.137 e. The van der Waals surface area contributed by atoms with Crippen molar-refractivity contribution in [1.29, 1.82) is 0 Å². The zero-order valence-corrected chi connectivity index (χ0v) is 11.7. The maximum absolute atomic E-state index is 7.76. The number of benzene rings is 2. The van der Waals surface area contributed by atoms with Gasteiger partial charge in [0.15, 0.2) is 0 Å². The molecule has 102 valence electrons. The van der Waals surface area contributed by atoms with Crippen LogP contribution in [0.3, 0.4) is 0 Å². The zero-order valence-electron chi connectivity index (χ0n) is 14.7. The van der Waals surface area contributed by atoms with Crippen LogP contribution >= 0.6 is 0 Å². The van der Waals surface area contributed by atoms with Crippen molar-refractivity contribution in [2.45, 2.75) is 13.8 Å². The molecule has 2 aromatic carbocycles. The molecule has 2 heterocycles. The predicted octanol–water partition coefficient (Wildman–Crippen LogP) is 4.80. The first-order valence-corrected chi connectivity index (χ1v) is 6.92. The van der Waals surface area contributed by atoms with Gasteiger partial charge in [0, 0.05) is 21.1 Å². The first-order valence-electron chi connectivity index (χ1n) is 8.42. The summed E-state index contributed by atoms with van der Waals surface area (Å²) in [5.74, 6) is 0.629. The second-order valence-electron chi connectivity index (χ2n) is 5.23. The lowest BCUT2D eigenvalue weighted by molar-refractivity contribution is 1.06. The average molecular weight is 275 g/mol. The van der Waals surface area contributed by atoms with E-state index >= 15 is 0 Å². The molecule has 0 N–H and O–H groups in total. The molecule has 2 heteroatoms. The standard InChI is InChI=1S/C19H16N2/c1-13-11-19(20-12-14(13)2)21-17-9-5-3-7-15(17)16-8-4-6-10-18(16)21/h3-12H,1-2H3/i1D3. The third-order valence-electron chi connectivity index (χ3n) is 3.90. The summed E-state index contributed by atoms with van der Waals surface area (Å²) in [6.45, 7) is -0.370. The number of nitrogens with zero attached hydrogens (tertiary/aromatic N) is 2. The van der Waals surface area contributed by atoms with Crippen molar-refractivity contribution >= 4 is 21.8 Å². The molecule has 4 rings (SSSR count). The van der Waals surface area contributed by atoms with Crippen molar-refractivity contribution in [3.8, 4) is 5.82 Å². The first kappa shape index (κ1) is 9.35. The SMILES string of the molecule is [2H]C([2H])([2H])c1cc(-n2c3ccccc3c3ccccc32)ncc1C. The van der Waals surface area contributed by atoms with Gasteiger partial charge in [-0.1, -0.05) is 36.4 Å². The van der Waals surface area contributed by atoms with Crippen LogP contribution in [0, 0.1) is 13.8 Å². The van der Waals surface area contributed by atoms with Crippen molar-refractivity contribution < 1.29 is 4.11 Å². The van der Waals surface area contributed by atoms with E-state index in [0.717, 1.165) is 21.8 Å². The molecule has 0 spiro atoms. The fraction of sp³-hybridized carbons (Fsp3) is 0.105. The number of aromatic nitrogens is 2. The van der Waals surface area contributed by atoms with Crippen LogP contribution in [-0.2, 0) is 0 Å². The minimum Gasteiger partial charge on any atom is -0.294 e. The van der Waals surface area contributed by atoms with Crippen LogP contribution in [0.5, 0.6) is 0 Å². The van der Waals surface area contributed by atoms with Crippen LogP contribution < -0.4 is 0 Å². The van der Waals surface area contributed by atoms with Gasteiger partial charge in [-0.05, 0) is 43.1 Å².